The molecule has 0 saturated heterocycles. The SMILES string of the molecule is COc1ccc(C#N)c(NCC2(C(=O)O)CCCC2)c1. The van der Waals surface area contributed by atoms with Crippen molar-refractivity contribution in [1.29, 1.82) is 5.26 Å². The van der Waals surface area contributed by atoms with Crippen molar-refractivity contribution in [2.24, 2.45) is 5.41 Å². The van der Waals surface area contributed by atoms with Gasteiger partial charge in [-0.1, -0.05) is 12.8 Å². The van der Waals surface area contributed by atoms with Crippen LogP contribution in [0.4, 0.5) is 5.69 Å². The number of hydrogen-bond donors (Lipinski definition) is 2. The third-order valence-corrected chi connectivity index (χ3v) is 3.98. The number of nitrogens with zero attached hydrogens (tertiary/aromatic N) is 1. The molecule has 0 heterocycles. The molecule has 1 aromatic carbocycles. The first kappa shape index (κ1) is 14.2. The van der Waals surface area contributed by atoms with E-state index in [9.17, 15) is 9.90 Å². The Bertz CT molecular complexity index is 543. The lowest BCUT2D eigenvalue weighted by Crippen LogP contribution is -2.35. The molecular weight excluding hydrogens is 256 g/mol. The normalized spacial score (nSPS) is 16.4. The molecule has 106 valence electrons. The Morgan fingerprint density at radius 2 is 2.20 bits per heavy atom. The van der Waals surface area contributed by atoms with Crippen LogP contribution in [0.25, 0.3) is 0 Å². The average Bonchev–Trinajstić information content (AvgIpc) is 2.95. The van der Waals surface area contributed by atoms with E-state index in [4.69, 9.17) is 10.00 Å². The number of rotatable bonds is 5. The molecule has 1 aliphatic carbocycles. The molecule has 0 aliphatic heterocycles. The van der Waals surface area contributed by atoms with Crippen LogP contribution in [0.5, 0.6) is 5.75 Å². The highest BCUT2D eigenvalue weighted by Crippen LogP contribution is 2.38. The first-order valence-electron chi connectivity index (χ1n) is 6.67. The summed E-state index contributed by atoms with van der Waals surface area (Å²) in [5.41, 5.74) is 0.402. The Morgan fingerprint density at radius 3 is 2.75 bits per heavy atom. The second-order valence-electron chi connectivity index (χ2n) is 5.17. The van der Waals surface area contributed by atoms with Gasteiger partial charge in [0.25, 0.3) is 0 Å². The second kappa shape index (κ2) is 5.83. The number of anilines is 1. The van der Waals surface area contributed by atoms with E-state index in [1.807, 2.05) is 0 Å². The molecule has 0 bridgehead atoms. The van der Waals surface area contributed by atoms with Gasteiger partial charge in [-0.2, -0.15) is 5.26 Å². The number of nitriles is 1. The van der Waals surface area contributed by atoms with Gasteiger partial charge in [-0.15, -0.1) is 0 Å². The fraction of sp³-hybridized carbons (Fsp3) is 0.467. The highest BCUT2D eigenvalue weighted by Gasteiger charge is 2.41. The van der Waals surface area contributed by atoms with Crippen molar-refractivity contribution >= 4 is 11.7 Å². The van der Waals surface area contributed by atoms with Crippen molar-refractivity contribution in [3.05, 3.63) is 23.8 Å². The second-order valence-corrected chi connectivity index (χ2v) is 5.17. The van der Waals surface area contributed by atoms with Crippen LogP contribution in [0, 0.1) is 16.7 Å². The average molecular weight is 274 g/mol. The topological polar surface area (TPSA) is 82.3 Å². The molecule has 0 radical (unpaired) electrons. The number of hydrogen-bond acceptors (Lipinski definition) is 4. The molecule has 1 aliphatic rings. The summed E-state index contributed by atoms with van der Waals surface area (Å²) < 4.78 is 5.13. The zero-order chi connectivity index (χ0) is 14.6. The first-order valence-corrected chi connectivity index (χ1v) is 6.67. The molecule has 5 nitrogen and oxygen atoms in total. The van der Waals surface area contributed by atoms with E-state index in [1.54, 1.807) is 25.3 Å². The molecule has 5 heteroatoms. The molecule has 0 unspecified atom stereocenters. The Labute approximate surface area is 118 Å². The van der Waals surface area contributed by atoms with Gasteiger partial charge in [0.05, 0.1) is 23.8 Å². The third kappa shape index (κ3) is 2.69. The smallest absolute Gasteiger partial charge is 0.311 e. The van der Waals surface area contributed by atoms with Crippen molar-refractivity contribution in [3.8, 4) is 11.8 Å². The predicted octanol–water partition coefficient (Wildman–Crippen LogP) is 2.62. The van der Waals surface area contributed by atoms with E-state index in [0.717, 1.165) is 12.8 Å². The standard InChI is InChI=1S/C15H18N2O3/c1-20-12-5-4-11(9-16)13(8-12)17-10-15(14(18)19)6-2-3-7-15/h4-5,8,17H,2-3,6-7,10H2,1H3,(H,18,19). The number of nitrogens with one attached hydrogen (secondary N) is 1. The fourth-order valence-corrected chi connectivity index (χ4v) is 2.68. The first-order chi connectivity index (χ1) is 9.61. The van der Waals surface area contributed by atoms with Gasteiger partial charge in [0.15, 0.2) is 0 Å². The number of methoxy groups -OCH3 is 1. The Balaban J connectivity index is 2.17. The van der Waals surface area contributed by atoms with E-state index in [1.165, 1.54) is 0 Å². The molecule has 1 fully saturated rings. The lowest BCUT2D eigenvalue weighted by Gasteiger charge is -2.25. The Hall–Kier alpha value is -2.22. The number of benzene rings is 1. The van der Waals surface area contributed by atoms with Crippen molar-refractivity contribution < 1.29 is 14.6 Å². The van der Waals surface area contributed by atoms with E-state index >= 15 is 0 Å². The van der Waals surface area contributed by atoms with Crippen LogP contribution in [0.2, 0.25) is 0 Å². The summed E-state index contributed by atoms with van der Waals surface area (Å²) in [7, 11) is 1.56. The van der Waals surface area contributed by atoms with Crippen LogP contribution in [-0.4, -0.2) is 24.7 Å². The minimum atomic E-state index is -0.760. The van der Waals surface area contributed by atoms with Crippen molar-refractivity contribution in [3.63, 3.8) is 0 Å². The molecule has 0 atom stereocenters. The Morgan fingerprint density at radius 1 is 1.50 bits per heavy atom. The number of aliphatic carboxylic acids is 1. The van der Waals surface area contributed by atoms with Crippen LogP contribution < -0.4 is 10.1 Å². The van der Waals surface area contributed by atoms with Crippen LogP contribution in [0.15, 0.2) is 18.2 Å². The quantitative estimate of drug-likeness (QED) is 0.862. The summed E-state index contributed by atoms with van der Waals surface area (Å²) in [6.45, 7) is 0.337. The van der Waals surface area contributed by atoms with Gasteiger partial charge in [-0.05, 0) is 25.0 Å². The van der Waals surface area contributed by atoms with Gasteiger partial charge in [0.1, 0.15) is 11.8 Å². The third-order valence-electron chi connectivity index (χ3n) is 3.98. The summed E-state index contributed by atoms with van der Waals surface area (Å²) in [4.78, 5) is 11.5. The van der Waals surface area contributed by atoms with Gasteiger partial charge in [0.2, 0.25) is 0 Å². The van der Waals surface area contributed by atoms with Crippen molar-refractivity contribution in [2.45, 2.75) is 25.7 Å². The predicted molar refractivity (Wildman–Crippen MR) is 74.7 cm³/mol. The lowest BCUT2D eigenvalue weighted by molar-refractivity contribution is -0.147. The molecule has 0 spiro atoms. The van der Waals surface area contributed by atoms with Gasteiger partial charge >= 0.3 is 5.97 Å². The van der Waals surface area contributed by atoms with Crippen molar-refractivity contribution in [2.75, 3.05) is 19.0 Å². The van der Waals surface area contributed by atoms with Gasteiger partial charge in [0, 0.05) is 12.6 Å². The molecule has 1 saturated carbocycles. The van der Waals surface area contributed by atoms with Gasteiger partial charge in [-0.3, -0.25) is 4.79 Å². The van der Waals surface area contributed by atoms with Gasteiger partial charge < -0.3 is 15.2 Å². The van der Waals surface area contributed by atoms with E-state index in [2.05, 4.69) is 11.4 Å². The number of carbonyl (C=O) groups is 1. The number of carboxylic acid groups (broad SMARTS) is 1. The minimum Gasteiger partial charge on any atom is -0.497 e. The molecule has 0 amide bonds. The molecule has 2 rings (SSSR count). The maximum absolute atomic E-state index is 11.5. The monoisotopic (exact) mass is 274 g/mol. The molecular formula is C15H18N2O3. The van der Waals surface area contributed by atoms with E-state index in [-0.39, 0.29) is 0 Å². The molecule has 1 aromatic rings. The highest BCUT2D eigenvalue weighted by molar-refractivity contribution is 5.76. The summed E-state index contributed by atoms with van der Waals surface area (Å²) in [5, 5.41) is 21.7. The highest BCUT2D eigenvalue weighted by atomic mass is 16.5. The summed E-state index contributed by atoms with van der Waals surface area (Å²) in [6.07, 6.45) is 3.25. The van der Waals surface area contributed by atoms with Gasteiger partial charge in [-0.25, -0.2) is 0 Å². The maximum Gasteiger partial charge on any atom is 0.311 e. The summed E-state index contributed by atoms with van der Waals surface area (Å²) >= 11 is 0. The minimum absolute atomic E-state index is 0.337. The maximum atomic E-state index is 11.5. The van der Waals surface area contributed by atoms with Crippen LogP contribution in [0.1, 0.15) is 31.2 Å². The molecule has 0 aromatic heterocycles. The van der Waals surface area contributed by atoms with E-state index < -0.39 is 11.4 Å². The molecule has 2 N–H and O–H groups in total. The zero-order valence-electron chi connectivity index (χ0n) is 11.5. The molecule has 20 heavy (non-hydrogen) atoms. The van der Waals surface area contributed by atoms with Crippen molar-refractivity contribution in [1.82, 2.24) is 0 Å². The lowest BCUT2D eigenvalue weighted by atomic mass is 9.86. The zero-order valence-corrected chi connectivity index (χ0v) is 11.5. The van der Waals surface area contributed by atoms with Crippen LogP contribution in [0.3, 0.4) is 0 Å². The number of ether oxygens (including phenoxy) is 1. The van der Waals surface area contributed by atoms with E-state index in [0.29, 0.717) is 36.4 Å². The summed E-state index contributed by atoms with van der Waals surface area (Å²) in [6, 6.07) is 7.21. The van der Waals surface area contributed by atoms with Crippen LogP contribution in [-0.2, 0) is 4.79 Å². The largest absolute Gasteiger partial charge is 0.497 e. The summed E-state index contributed by atoms with van der Waals surface area (Å²) in [5.74, 6) is -0.119. The fourth-order valence-electron chi connectivity index (χ4n) is 2.68. The number of carboxylic acids is 1. The van der Waals surface area contributed by atoms with Crippen LogP contribution >= 0.6 is 0 Å². The Kier molecular flexibility index (Phi) is 4.14.